The van der Waals surface area contributed by atoms with Gasteiger partial charge in [-0.2, -0.15) is 0 Å². The molecule has 0 saturated heterocycles. The van der Waals surface area contributed by atoms with Crippen molar-refractivity contribution in [2.45, 2.75) is 0 Å². The summed E-state index contributed by atoms with van der Waals surface area (Å²) in [5, 5.41) is 4.37. The first-order valence-corrected chi connectivity index (χ1v) is 37.9. The number of para-hydroxylation sites is 6. The van der Waals surface area contributed by atoms with Crippen molar-refractivity contribution in [3.05, 3.63) is 388 Å². The van der Waals surface area contributed by atoms with Crippen LogP contribution in [0, 0.1) is 0 Å². The van der Waals surface area contributed by atoms with Gasteiger partial charge in [-0.25, -0.2) is 0 Å². The summed E-state index contributed by atoms with van der Waals surface area (Å²) >= 11 is 0. The number of fused-ring (bicyclic) bond motifs is 16. The van der Waals surface area contributed by atoms with Crippen molar-refractivity contribution in [2.24, 2.45) is 0 Å². The van der Waals surface area contributed by atoms with E-state index in [0.717, 1.165) is 206 Å². The van der Waals surface area contributed by atoms with E-state index < -0.39 is 0 Å². The van der Waals surface area contributed by atoms with Crippen LogP contribution < -0.4 is 52.1 Å². The molecule has 0 aliphatic carbocycles. The Morgan fingerprint density at radius 1 is 0.218 bits per heavy atom. The van der Waals surface area contributed by atoms with Gasteiger partial charge in [0.15, 0.2) is 0 Å². The van der Waals surface area contributed by atoms with Crippen LogP contribution in [0.5, 0.6) is 23.0 Å². The zero-order valence-electron chi connectivity index (χ0n) is 59.7. The van der Waals surface area contributed by atoms with Crippen molar-refractivity contribution in [1.82, 2.24) is 9.13 Å². The Labute approximate surface area is 637 Å². The zero-order chi connectivity index (χ0) is 72.1. The molecule has 2 aromatic heterocycles. The molecule has 0 bridgehead atoms. The molecule has 0 fully saturated rings. The largest absolute Gasteiger partial charge is 0.458 e. The maximum atomic E-state index is 8.07. The van der Waals surface area contributed by atoms with Crippen molar-refractivity contribution in [3.8, 4) is 101 Å². The Morgan fingerprint density at radius 2 is 0.573 bits per heavy atom. The predicted octanol–water partition coefficient (Wildman–Crippen LogP) is 22.7. The molecule has 0 spiro atoms. The summed E-state index contributed by atoms with van der Waals surface area (Å²) in [4.78, 5) is 5.18. The standard InChI is InChI=1S/C102H64B2N4O2/c1-8-31-65(32-9-1)71-59-92-98-94(61-71)109-101-80(55-57-88-96(101)78-47-24-28-53-86(78)106(88)84-51-26-22-45-74(84)67-35-12-3-13-36-67)103(98)82-63-83-91(64-90(82)105(92)73-43-20-7-21-44-73)108(100-76(69-39-16-5-17-40-69)49-30-50-77(100)70-41-18-6-19-42-70)93-60-72(66-33-10-2-11-34-66)62-95-99(93)104(83)81-56-58-89-97(102(81)110-95)79-48-25-29-54-87(79)107(89)85-52-27-23-46-75(85)68-37-14-4-15-38-68/h1-64H. The number of anilines is 6. The van der Waals surface area contributed by atoms with Gasteiger partial charge in [-0.1, -0.05) is 309 Å². The monoisotopic (exact) mass is 1400 g/mol. The lowest BCUT2D eigenvalue weighted by atomic mass is 9.30. The first-order valence-electron chi connectivity index (χ1n) is 37.9. The van der Waals surface area contributed by atoms with Crippen LogP contribution in [-0.4, -0.2) is 22.6 Å². The van der Waals surface area contributed by atoms with Crippen LogP contribution in [-0.2, 0) is 0 Å². The third kappa shape index (κ3) is 9.33. The first-order chi connectivity index (χ1) is 54.6. The number of hydrogen-bond acceptors (Lipinski definition) is 4. The molecule has 4 aliphatic rings. The Kier molecular flexibility index (Phi) is 13.9. The molecule has 8 heteroatoms. The molecule has 4 aliphatic heterocycles. The third-order valence-corrected chi connectivity index (χ3v) is 23.4. The van der Waals surface area contributed by atoms with Crippen LogP contribution in [0.1, 0.15) is 0 Å². The van der Waals surface area contributed by atoms with E-state index in [0.29, 0.717) is 0 Å². The van der Waals surface area contributed by atoms with Crippen LogP contribution in [0.3, 0.4) is 0 Å². The number of benzene rings is 17. The molecule has 23 rings (SSSR count). The van der Waals surface area contributed by atoms with Gasteiger partial charge in [0.1, 0.15) is 23.0 Å². The van der Waals surface area contributed by atoms with E-state index in [4.69, 9.17) is 9.47 Å². The van der Waals surface area contributed by atoms with E-state index in [2.05, 4.69) is 407 Å². The lowest BCUT2D eigenvalue weighted by Crippen LogP contribution is -2.63. The van der Waals surface area contributed by atoms with Gasteiger partial charge in [-0.05, 0) is 156 Å². The molecule has 0 saturated carbocycles. The van der Waals surface area contributed by atoms with Crippen LogP contribution in [0.15, 0.2) is 388 Å². The fourth-order valence-corrected chi connectivity index (χ4v) is 18.8. The molecule has 19 aromatic rings. The highest BCUT2D eigenvalue weighted by Gasteiger charge is 2.49. The summed E-state index contributed by atoms with van der Waals surface area (Å²) in [7, 11) is 0. The van der Waals surface area contributed by atoms with Gasteiger partial charge in [0.25, 0.3) is 13.4 Å². The van der Waals surface area contributed by atoms with Gasteiger partial charge >= 0.3 is 0 Å². The topological polar surface area (TPSA) is 34.8 Å². The van der Waals surface area contributed by atoms with E-state index >= 15 is 0 Å². The highest BCUT2D eigenvalue weighted by atomic mass is 16.5. The number of hydrogen-bond donors (Lipinski definition) is 0. The molecule has 6 heterocycles. The lowest BCUT2D eigenvalue weighted by Gasteiger charge is -2.45. The Morgan fingerprint density at radius 3 is 1.02 bits per heavy atom. The summed E-state index contributed by atoms with van der Waals surface area (Å²) in [6.45, 7) is -0.680. The predicted molar refractivity (Wildman–Crippen MR) is 459 cm³/mol. The average Bonchev–Trinajstić information content (AvgIpc) is 0.955. The Balaban J connectivity index is 0.862. The highest BCUT2D eigenvalue weighted by molar-refractivity contribution is 7.02. The normalized spacial score (nSPS) is 12.8. The van der Waals surface area contributed by atoms with E-state index in [9.17, 15) is 0 Å². The maximum absolute atomic E-state index is 8.07. The summed E-state index contributed by atoms with van der Waals surface area (Å²) < 4.78 is 21.0. The van der Waals surface area contributed by atoms with Crippen molar-refractivity contribution in [1.29, 1.82) is 0 Å². The number of ether oxygens (including phenoxy) is 2. The second-order valence-electron chi connectivity index (χ2n) is 29.3. The molecule has 0 radical (unpaired) electrons. The van der Waals surface area contributed by atoms with Crippen LogP contribution in [0.4, 0.5) is 34.1 Å². The molecule has 6 nitrogen and oxygen atoms in total. The van der Waals surface area contributed by atoms with E-state index in [-0.39, 0.29) is 13.4 Å². The molecule has 0 amide bonds. The summed E-state index contributed by atoms with van der Waals surface area (Å²) in [5.41, 5.74) is 33.0. The van der Waals surface area contributed by atoms with Crippen molar-refractivity contribution >= 4 is 124 Å². The van der Waals surface area contributed by atoms with Gasteiger partial charge in [0, 0.05) is 61.5 Å². The van der Waals surface area contributed by atoms with Gasteiger partial charge in [-0.3, -0.25) is 0 Å². The Hall–Kier alpha value is -14.3. The minimum Gasteiger partial charge on any atom is -0.458 e. The van der Waals surface area contributed by atoms with Gasteiger partial charge < -0.3 is 28.4 Å². The molecule has 110 heavy (non-hydrogen) atoms. The van der Waals surface area contributed by atoms with Gasteiger partial charge in [0.05, 0.1) is 49.9 Å². The highest BCUT2D eigenvalue weighted by Crippen LogP contribution is 2.54. The van der Waals surface area contributed by atoms with Gasteiger partial charge in [-0.15, -0.1) is 0 Å². The summed E-state index contributed by atoms with van der Waals surface area (Å²) in [6.07, 6.45) is 0. The molecular formula is C102H64B2N4O2. The molecule has 0 atom stereocenters. The number of aromatic nitrogens is 2. The fraction of sp³-hybridized carbons (Fsp3) is 0. The SMILES string of the molecule is c1ccc(-c2cc3c4c(c2)N(c2ccccc2)c2cc5c(cc2B4c2ccc4c(c2O3)c2ccccc2n4-c2ccccc2-c2ccccc2)B2c3ccc4c(c3Oc3cc(-c6ccccc6)cc(c32)N5c2c(-c3ccccc3)cccc2-c2ccccc2)c2ccccc2n4-c2ccccc2-c2ccccc2)cc1. The second kappa shape index (κ2) is 24.6. The Bertz CT molecular complexity index is 6910. The molecule has 0 N–H and O–H groups in total. The number of rotatable bonds is 10. The van der Waals surface area contributed by atoms with Crippen LogP contribution in [0.2, 0.25) is 0 Å². The molecule has 0 unspecified atom stereocenters. The minimum absolute atomic E-state index is 0.326. The molecule has 17 aromatic carbocycles. The number of nitrogens with zero attached hydrogens (tertiary/aromatic N) is 4. The van der Waals surface area contributed by atoms with Crippen LogP contribution in [0.25, 0.3) is 122 Å². The minimum atomic E-state index is -0.353. The first kappa shape index (κ1) is 61.9. The lowest BCUT2D eigenvalue weighted by molar-refractivity contribution is 0.493. The second-order valence-corrected chi connectivity index (χ2v) is 29.3. The van der Waals surface area contributed by atoms with Crippen molar-refractivity contribution in [3.63, 3.8) is 0 Å². The maximum Gasteiger partial charge on any atom is 0.256 e. The van der Waals surface area contributed by atoms with Crippen molar-refractivity contribution < 1.29 is 9.47 Å². The van der Waals surface area contributed by atoms with Crippen molar-refractivity contribution in [2.75, 3.05) is 9.80 Å². The zero-order valence-corrected chi connectivity index (χ0v) is 59.7. The van der Waals surface area contributed by atoms with E-state index in [1.165, 1.54) is 5.46 Å². The fourth-order valence-electron chi connectivity index (χ4n) is 18.8. The smallest absolute Gasteiger partial charge is 0.256 e. The molecule has 510 valence electrons. The summed E-state index contributed by atoms with van der Waals surface area (Å²) in [5.74, 6) is 3.35. The average molecular weight is 1400 g/mol. The summed E-state index contributed by atoms with van der Waals surface area (Å²) in [6, 6.07) is 143. The van der Waals surface area contributed by atoms with E-state index in [1.54, 1.807) is 0 Å². The molecular weight excluding hydrogens is 1330 g/mol. The quantitative estimate of drug-likeness (QED) is 0.128. The van der Waals surface area contributed by atoms with Gasteiger partial charge in [0.2, 0.25) is 0 Å². The van der Waals surface area contributed by atoms with Crippen LogP contribution >= 0.6 is 0 Å². The third-order valence-electron chi connectivity index (χ3n) is 23.4. The van der Waals surface area contributed by atoms with E-state index in [1.807, 2.05) is 0 Å².